The number of hydrogen-bond acceptors (Lipinski definition) is 5. The van der Waals surface area contributed by atoms with Gasteiger partial charge in [-0.15, -0.1) is 0 Å². The maximum atomic E-state index is 11.6. The van der Waals surface area contributed by atoms with Gasteiger partial charge < -0.3 is 31.6 Å². The standard InChI is InChI=1S/C19H21N2O3S.BrH/c1-23-16-9-8-14(12-17(16)24-2)19(22)13-20(15-6-4-3-5-7-15)18-21(19)10-11-25-18;/h3-9,12,22H,10-11,13H2,1-2H3;1H/q+1;/p-1. The summed E-state index contributed by atoms with van der Waals surface area (Å²) < 4.78 is 12.8. The molecule has 0 amide bonds. The van der Waals surface area contributed by atoms with Crippen molar-refractivity contribution in [3.8, 4) is 11.5 Å². The van der Waals surface area contributed by atoms with Crippen LogP contribution >= 0.6 is 11.8 Å². The molecule has 0 bridgehead atoms. The lowest BCUT2D eigenvalue weighted by atomic mass is 10.0. The first-order chi connectivity index (χ1) is 12.2. The number of nitrogens with zero attached hydrogens (tertiary/aromatic N) is 2. The van der Waals surface area contributed by atoms with Crippen molar-refractivity contribution in [2.75, 3.05) is 38.0 Å². The van der Waals surface area contributed by atoms with Crippen molar-refractivity contribution >= 4 is 22.6 Å². The van der Waals surface area contributed by atoms with Crippen LogP contribution in [-0.2, 0) is 5.72 Å². The number of β-amino-alcohol motifs (C(OH)–C–C–N with tert-alkyl or cyclic N) is 1. The second kappa shape index (κ2) is 7.50. The van der Waals surface area contributed by atoms with E-state index in [1.54, 1.807) is 26.0 Å². The van der Waals surface area contributed by atoms with Crippen molar-refractivity contribution in [2.24, 2.45) is 0 Å². The van der Waals surface area contributed by atoms with E-state index in [0.717, 1.165) is 28.7 Å². The van der Waals surface area contributed by atoms with Crippen LogP contribution in [-0.4, -0.2) is 47.9 Å². The Morgan fingerprint density at radius 3 is 2.50 bits per heavy atom. The van der Waals surface area contributed by atoms with E-state index in [2.05, 4.69) is 21.6 Å². The molecule has 2 aliphatic heterocycles. The predicted molar refractivity (Wildman–Crippen MR) is 99.8 cm³/mol. The van der Waals surface area contributed by atoms with Crippen LogP contribution in [0.5, 0.6) is 11.5 Å². The molecule has 0 spiro atoms. The van der Waals surface area contributed by atoms with Crippen molar-refractivity contribution in [1.29, 1.82) is 0 Å². The topological polar surface area (TPSA) is 44.9 Å². The molecule has 26 heavy (non-hydrogen) atoms. The molecule has 0 saturated carbocycles. The van der Waals surface area contributed by atoms with Gasteiger partial charge in [-0.05, 0) is 42.1 Å². The summed E-state index contributed by atoms with van der Waals surface area (Å²) in [4.78, 5) is 2.19. The van der Waals surface area contributed by atoms with E-state index in [9.17, 15) is 5.11 Å². The average Bonchev–Trinajstić information content (AvgIpc) is 3.25. The number of thioether (sulfide) groups is 1. The smallest absolute Gasteiger partial charge is 0.316 e. The molecule has 1 N–H and O–H groups in total. The molecule has 0 saturated heterocycles. The fourth-order valence-corrected chi connectivity index (χ4v) is 4.66. The fraction of sp³-hybridized carbons (Fsp3) is 0.316. The van der Waals surface area contributed by atoms with E-state index in [4.69, 9.17) is 9.47 Å². The van der Waals surface area contributed by atoms with Crippen LogP contribution in [0.1, 0.15) is 5.56 Å². The first kappa shape index (κ1) is 19.1. The van der Waals surface area contributed by atoms with Crippen LogP contribution in [0.3, 0.4) is 0 Å². The summed E-state index contributed by atoms with van der Waals surface area (Å²) in [6, 6.07) is 15.8. The second-order valence-electron chi connectivity index (χ2n) is 6.09. The first-order valence-electron chi connectivity index (χ1n) is 8.22. The highest BCUT2D eigenvalue weighted by atomic mass is 79.9. The Morgan fingerprint density at radius 1 is 1.08 bits per heavy atom. The number of ether oxygens (including phenoxy) is 2. The Labute approximate surface area is 168 Å². The van der Waals surface area contributed by atoms with Gasteiger partial charge in [-0.25, -0.2) is 9.48 Å². The SMILES string of the molecule is COc1ccc(C2(O)CN(c3ccccc3)C3=[N+]2CCS3)cc1OC.[Br-]. The number of aliphatic hydroxyl groups is 1. The lowest BCUT2D eigenvalue weighted by molar-refractivity contribution is -0.650. The van der Waals surface area contributed by atoms with Crippen molar-refractivity contribution in [1.82, 2.24) is 0 Å². The van der Waals surface area contributed by atoms with Crippen molar-refractivity contribution in [2.45, 2.75) is 5.72 Å². The summed E-state index contributed by atoms with van der Waals surface area (Å²) in [5.74, 6) is 2.25. The summed E-state index contributed by atoms with van der Waals surface area (Å²) >= 11 is 1.78. The van der Waals surface area contributed by atoms with E-state index in [1.807, 2.05) is 36.4 Å². The highest BCUT2D eigenvalue weighted by Gasteiger charge is 2.54. The third-order valence-corrected chi connectivity index (χ3v) is 5.83. The molecular formula is C19H21BrN2O3S. The number of anilines is 1. The van der Waals surface area contributed by atoms with Crippen molar-refractivity contribution < 1.29 is 36.1 Å². The summed E-state index contributed by atoms with van der Waals surface area (Å²) in [5.41, 5.74) is 0.811. The average molecular weight is 437 g/mol. The Morgan fingerprint density at radius 2 is 1.81 bits per heavy atom. The van der Waals surface area contributed by atoms with Crippen LogP contribution in [0.4, 0.5) is 5.69 Å². The molecule has 0 aliphatic carbocycles. The lowest BCUT2D eigenvalue weighted by Crippen LogP contribution is -3.00. The Hall–Kier alpha value is -1.70. The molecule has 0 aromatic heterocycles. The largest absolute Gasteiger partial charge is 1.00 e. The molecule has 4 rings (SSSR count). The molecule has 2 aliphatic rings. The van der Waals surface area contributed by atoms with Gasteiger partial charge in [0, 0.05) is 11.3 Å². The van der Waals surface area contributed by atoms with Crippen LogP contribution in [0, 0.1) is 0 Å². The van der Waals surface area contributed by atoms with Crippen molar-refractivity contribution in [3.63, 3.8) is 0 Å². The van der Waals surface area contributed by atoms with Crippen LogP contribution in [0.2, 0.25) is 0 Å². The number of methoxy groups -OCH3 is 2. The van der Waals surface area contributed by atoms with Gasteiger partial charge >= 0.3 is 5.17 Å². The molecule has 1 unspecified atom stereocenters. The van der Waals surface area contributed by atoms with Crippen LogP contribution in [0.25, 0.3) is 0 Å². The Balaban J connectivity index is 0.00000196. The zero-order chi connectivity index (χ0) is 17.4. The van der Waals surface area contributed by atoms with Gasteiger partial charge in [-0.2, -0.15) is 0 Å². The van der Waals surface area contributed by atoms with E-state index in [0.29, 0.717) is 18.0 Å². The minimum Gasteiger partial charge on any atom is -1.00 e. The lowest BCUT2D eigenvalue weighted by Gasteiger charge is -2.23. The van der Waals surface area contributed by atoms with E-state index >= 15 is 0 Å². The number of para-hydroxylation sites is 1. The van der Waals surface area contributed by atoms with Gasteiger partial charge in [0.05, 0.1) is 20.8 Å². The summed E-state index contributed by atoms with van der Waals surface area (Å²) in [6.07, 6.45) is 0. The van der Waals surface area contributed by atoms with Crippen LogP contribution < -0.4 is 31.4 Å². The Kier molecular flexibility index (Phi) is 5.50. The van der Waals surface area contributed by atoms with E-state index in [1.165, 1.54) is 0 Å². The predicted octanol–water partition coefficient (Wildman–Crippen LogP) is -0.512. The number of rotatable bonds is 4. The maximum Gasteiger partial charge on any atom is 0.316 e. The highest BCUT2D eigenvalue weighted by molar-refractivity contribution is 8.14. The van der Waals surface area contributed by atoms with Gasteiger partial charge in [0.2, 0.25) is 0 Å². The molecular weight excluding hydrogens is 416 g/mol. The molecule has 1 atom stereocenters. The molecule has 0 radical (unpaired) electrons. The summed E-state index contributed by atoms with van der Waals surface area (Å²) in [5, 5.41) is 12.7. The third kappa shape index (κ3) is 2.98. The fourth-order valence-electron chi connectivity index (χ4n) is 3.48. The van der Waals surface area contributed by atoms with E-state index < -0.39 is 5.72 Å². The number of amidine groups is 1. The second-order valence-corrected chi connectivity index (χ2v) is 7.15. The van der Waals surface area contributed by atoms with Crippen LogP contribution in [0.15, 0.2) is 48.5 Å². The van der Waals surface area contributed by atoms with Gasteiger partial charge in [-0.3, -0.25) is 0 Å². The molecule has 138 valence electrons. The monoisotopic (exact) mass is 436 g/mol. The molecule has 0 fully saturated rings. The van der Waals surface area contributed by atoms with Gasteiger partial charge in [0.1, 0.15) is 5.69 Å². The first-order valence-corrected chi connectivity index (χ1v) is 9.21. The quantitative estimate of drug-likeness (QED) is 0.653. The number of hydrogen-bond donors (Lipinski definition) is 1. The summed E-state index contributed by atoms with van der Waals surface area (Å²) in [7, 11) is 3.22. The Bertz CT molecular complexity index is 831. The highest BCUT2D eigenvalue weighted by Crippen LogP contribution is 2.40. The normalized spacial score (nSPS) is 21.4. The molecule has 7 heteroatoms. The number of halogens is 1. The molecule has 2 aromatic rings. The van der Waals surface area contributed by atoms with Gasteiger partial charge in [0.15, 0.2) is 18.0 Å². The molecule has 2 heterocycles. The molecule has 2 aromatic carbocycles. The maximum absolute atomic E-state index is 11.6. The number of benzene rings is 2. The zero-order valence-electron chi connectivity index (χ0n) is 14.7. The van der Waals surface area contributed by atoms with E-state index in [-0.39, 0.29) is 17.0 Å². The summed E-state index contributed by atoms with van der Waals surface area (Å²) in [6.45, 7) is 1.29. The minimum atomic E-state index is -1.09. The van der Waals surface area contributed by atoms with Crippen molar-refractivity contribution in [3.05, 3.63) is 54.1 Å². The zero-order valence-corrected chi connectivity index (χ0v) is 17.1. The van der Waals surface area contributed by atoms with Gasteiger partial charge in [0.25, 0.3) is 5.72 Å². The third-order valence-electron chi connectivity index (χ3n) is 4.75. The molecule has 5 nitrogen and oxygen atoms in total. The van der Waals surface area contributed by atoms with Gasteiger partial charge in [-0.1, -0.05) is 18.2 Å². The minimum absolute atomic E-state index is 0.